The minimum atomic E-state index is -3.60. The minimum absolute atomic E-state index is 0.0516. The van der Waals surface area contributed by atoms with E-state index in [0.29, 0.717) is 22.9 Å². The highest BCUT2D eigenvalue weighted by atomic mass is 35.5. The number of rotatable bonds is 14. The Bertz CT molecular complexity index is 1380. The van der Waals surface area contributed by atoms with E-state index in [-0.39, 0.29) is 43.8 Å². The monoisotopic (exact) mass is 599 g/mol. The molecule has 41 heavy (non-hydrogen) atoms. The van der Waals surface area contributed by atoms with Crippen LogP contribution in [0.3, 0.4) is 0 Å². The lowest BCUT2D eigenvalue weighted by molar-refractivity contribution is -0.141. The molecule has 1 atom stereocenters. The Hall–Kier alpha value is -3.56. The molecule has 0 saturated heterocycles. The van der Waals surface area contributed by atoms with Crippen LogP contribution in [0.1, 0.15) is 37.8 Å². The number of hydrogen-bond donors (Lipinski definition) is 1. The van der Waals surface area contributed by atoms with Crippen molar-refractivity contribution in [3.8, 4) is 5.75 Å². The number of ether oxygens (including phenoxy) is 1. The van der Waals surface area contributed by atoms with Gasteiger partial charge in [-0.2, -0.15) is 0 Å². The molecule has 3 aromatic carbocycles. The van der Waals surface area contributed by atoms with Gasteiger partial charge >= 0.3 is 0 Å². The first kappa shape index (κ1) is 32.0. The quantitative estimate of drug-likeness (QED) is 0.279. The Morgan fingerprint density at radius 1 is 0.927 bits per heavy atom. The van der Waals surface area contributed by atoms with Crippen LogP contribution in [0.5, 0.6) is 5.75 Å². The molecule has 0 aliphatic heterocycles. The molecular formula is C31H38ClN3O5S. The Balaban J connectivity index is 1.86. The highest BCUT2D eigenvalue weighted by molar-refractivity contribution is 7.92. The number of anilines is 1. The fourth-order valence-electron chi connectivity index (χ4n) is 4.47. The Kier molecular flexibility index (Phi) is 11.6. The van der Waals surface area contributed by atoms with Gasteiger partial charge in [-0.15, -0.1) is 0 Å². The lowest BCUT2D eigenvalue weighted by Crippen LogP contribution is -2.51. The number of carbonyl (C=O) groups is 2. The van der Waals surface area contributed by atoms with Crippen molar-refractivity contribution in [1.82, 2.24) is 10.2 Å². The van der Waals surface area contributed by atoms with Gasteiger partial charge in [-0.05, 0) is 67.8 Å². The molecule has 10 heteroatoms. The predicted molar refractivity (Wildman–Crippen MR) is 164 cm³/mol. The summed E-state index contributed by atoms with van der Waals surface area (Å²) >= 11 is 6.09. The molecular weight excluding hydrogens is 562 g/mol. The van der Waals surface area contributed by atoms with E-state index in [4.69, 9.17) is 16.3 Å². The Morgan fingerprint density at radius 2 is 1.56 bits per heavy atom. The van der Waals surface area contributed by atoms with E-state index >= 15 is 0 Å². The maximum atomic E-state index is 13.8. The van der Waals surface area contributed by atoms with Crippen molar-refractivity contribution in [3.63, 3.8) is 0 Å². The second kappa shape index (κ2) is 14.9. The van der Waals surface area contributed by atoms with Crippen LogP contribution in [0, 0.1) is 0 Å². The van der Waals surface area contributed by atoms with Crippen molar-refractivity contribution in [2.45, 2.75) is 51.7 Å². The van der Waals surface area contributed by atoms with E-state index in [2.05, 4.69) is 5.32 Å². The van der Waals surface area contributed by atoms with Crippen molar-refractivity contribution in [3.05, 3.63) is 95.0 Å². The maximum absolute atomic E-state index is 13.8. The standard InChI is InChI=1S/C31H38ClN3O5S/c1-23(2)33-31(37)29(21-24-9-6-5-7-10-24)34(22-25-12-14-26(32)15-13-25)30(36)11-8-20-35(41(4,38)39)27-16-18-28(40-3)19-17-27/h5-7,9-10,12-19,23,29H,8,11,20-22H2,1-4H3,(H,33,37). The van der Waals surface area contributed by atoms with Gasteiger partial charge in [0.1, 0.15) is 11.8 Å². The number of nitrogens with zero attached hydrogens (tertiary/aromatic N) is 2. The number of amides is 2. The third-order valence-corrected chi connectivity index (χ3v) is 7.93. The zero-order valence-electron chi connectivity index (χ0n) is 23.9. The molecule has 8 nitrogen and oxygen atoms in total. The summed E-state index contributed by atoms with van der Waals surface area (Å²) < 4.78 is 31.7. The largest absolute Gasteiger partial charge is 0.497 e. The summed E-state index contributed by atoms with van der Waals surface area (Å²) in [4.78, 5) is 28.9. The van der Waals surface area contributed by atoms with E-state index < -0.39 is 16.1 Å². The molecule has 3 rings (SSSR count). The highest BCUT2D eigenvalue weighted by Crippen LogP contribution is 2.23. The predicted octanol–water partition coefficient (Wildman–Crippen LogP) is 5.06. The highest BCUT2D eigenvalue weighted by Gasteiger charge is 2.31. The van der Waals surface area contributed by atoms with Crippen molar-refractivity contribution >= 4 is 39.1 Å². The number of nitrogens with one attached hydrogen (secondary N) is 1. The number of methoxy groups -OCH3 is 1. The van der Waals surface area contributed by atoms with E-state index in [1.165, 1.54) is 11.4 Å². The maximum Gasteiger partial charge on any atom is 0.243 e. The van der Waals surface area contributed by atoms with E-state index in [0.717, 1.165) is 17.4 Å². The van der Waals surface area contributed by atoms with Crippen LogP contribution in [-0.4, -0.2) is 57.1 Å². The van der Waals surface area contributed by atoms with E-state index in [1.54, 1.807) is 41.3 Å². The fourth-order valence-corrected chi connectivity index (χ4v) is 5.56. The molecule has 0 aliphatic carbocycles. The van der Waals surface area contributed by atoms with Gasteiger partial charge in [-0.3, -0.25) is 13.9 Å². The van der Waals surface area contributed by atoms with Gasteiger partial charge in [0.05, 0.1) is 19.1 Å². The summed E-state index contributed by atoms with van der Waals surface area (Å²) in [5, 5.41) is 3.54. The summed E-state index contributed by atoms with van der Waals surface area (Å²) in [5.41, 5.74) is 2.24. The average molecular weight is 600 g/mol. The Morgan fingerprint density at radius 3 is 2.12 bits per heavy atom. The molecule has 1 N–H and O–H groups in total. The van der Waals surface area contributed by atoms with Gasteiger partial charge in [0.15, 0.2) is 0 Å². The second-order valence-corrected chi connectivity index (χ2v) is 12.5. The molecule has 3 aromatic rings. The summed E-state index contributed by atoms with van der Waals surface area (Å²) in [7, 11) is -2.06. The molecule has 0 saturated carbocycles. The van der Waals surface area contributed by atoms with E-state index in [1.807, 2.05) is 56.3 Å². The zero-order valence-corrected chi connectivity index (χ0v) is 25.5. The lowest BCUT2D eigenvalue weighted by atomic mass is 10.0. The molecule has 2 amide bonds. The van der Waals surface area contributed by atoms with Crippen molar-refractivity contribution in [2.24, 2.45) is 0 Å². The van der Waals surface area contributed by atoms with Gasteiger partial charge in [-0.25, -0.2) is 8.42 Å². The number of benzene rings is 3. The van der Waals surface area contributed by atoms with Crippen LogP contribution < -0.4 is 14.4 Å². The third kappa shape index (κ3) is 9.79. The van der Waals surface area contributed by atoms with Crippen molar-refractivity contribution < 1.29 is 22.7 Å². The first-order chi connectivity index (χ1) is 19.5. The van der Waals surface area contributed by atoms with Crippen LogP contribution in [0.2, 0.25) is 5.02 Å². The number of halogens is 1. The number of hydrogen-bond acceptors (Lipinski definition) is 5. The molecule has 0 heterocycles. The molecule has 1 unspecified atom stereocenters. The molecule has 0 radical (unpaired) electrons. The topological polar surface area (TPSA) is 96.0 Å². The van der Waals surface area contributed by atoms with Gasteiger partial charge in [0.2, 0.25) is 21.8 Å². The first-order valence-electron chi connectivity index (χ1n) is 13.5. The van der Waals surface area contributed by atoms with Gasteiger partial charge in [0.25, 0.3) is 0 Å². The molecule has 0 aromatic heterocycles. The van der Waals surface area contributed by atoms with Gasteiger partial charge in [-0.1, -0.05) is 54.1 Å². The summed E-state index contributed by atoms with van der Waals surface area (Å²) in [5.74, 6) is 0.115. The molecule has 0 fully saturated rings. The van der Waals surface area contributed by atoms with E-state index in [9.17, 15) is 18.0 Å². The molecule has 0 aliphatic rings. The third-order valence-electron chi connectivity index (χ3n) is 6.48. The van der Waals surface area contributed by atoms with Crippen molar-refractivity contribution in [2.75, 3.05) is 24.2 Å². The van der Waals surface area contributed by atoms with Crippen LogP contribution in [-0.2, 0) is 32.6 Å². The zero-order chi connectivity index (χ0) is 30.0. The smallest absolute Gasteiger partial charge is 0.243 e. The van der Waals surface area contributed by atoms with Crippen molar-refractivity contribution in [1.29, 1.82) is 0 Å². The minimum Gasteiger partial charge on any atom is -0.497 e. The second-order valence-electron chi connectivity index (χ2n) is 10.2. The van der Waals surface area contributed by atoms with Crippen LogP contribution >= 0.6 is 11.6 Å². The SMILES string of the molecule is COc1ccc(N(CCCC(=O)N(Cc2ccc(Cl)cc2)C(Cc2ccccc2)C(=O)NC(C)C)S(C)(=O)=O)cc1. The lowest BCUT2D eigenvalue weighted by Gasteiger charge is -2.32. The number of sulfonamides is 1. The molecule has 0 spiro atoms. The molecule has 0 bridgehead atoms. The molecule has 220 valence electrons. The summed E-state index contributed by atoms with van der Waals surface area (Å²) in [6.45, 7) is 4.06. The average Bonchev–Trinajstić information content (AvgIpc) is 2.93. The van der Waals surface area contributed by atoms with Gasteiger partial charge in [0, 0.05) is 37.0 Å². The number of carbonyl (C=O) groups excluding carboxylic acids is 2. The van der Waals surface area contributed by atoms with Gasteiger partial charge < -0.3 is 15.0 Å². The van der Waals surface area contributed by atoms with Crippen LogP contribution in [0.25, 0.3) is 0 Å². The summed E-state index contributed by atoms with van der Waals surface area (Å²) in [6.07, 6.45) is 1.78. The Labute approximate surface area is 248 Å². The summed E-state index contributed by atoms with van der Waals surface area (Å²) in [6, 6.07) is 22.6. The normalized spacial score (nSPS) is 12.0. The van der Waals surface area contributed by atoms with Crippen LogP contribution in [0.15, 0.2) is 78.9 Å². The first-order valence-corrected chi connectivity index (χ1v) is 15.7. The van der Waals surface area contributed by atoms with Crippen LogP contribution in [0.4, 0.5) is 5.69 Å². The fraction of sp³-hybridized carbons (Fsp3) is 0.355.